The van der Waals surface area contributed by atoms with Crippen molar-refractivity contribution in [2.24, 2.45) is 5.92 Å². The molecule has 1 amide bonds. The molecule has 0 spiro atoms. The number of methoxy groups -OCH3 is 2. The molecular formula is C11H24N2O3. The van der Waals surface area contributed by atoms with Gasteiger partial charge in [0.1, 0.15) is 0 Å². The number of ether oxygens (including phenoxy) is 2. The molecule has 0 saturated carbocycles. The van der Waals surface area contributed by atoms with Crippen molar-refractivity contribution in [3.05, 3.63) is 0 Å². The van der Waals surface area contributed by atoms with Gasteiger partial charge < -0.3 is 14.8 Å². The van der Waals surface area contributed by atoms with E-state index in [2.05, 4.69) is 19.2 Å². The Hall–Kier alpha value is -0.650. The highest BCUT2D eigenvalue weighted by molar-refractivity contribution is 5.77. The van der Waals surface area contributed by atoms with Gasteiger partial charge in [-0.1, -0.05) is 13.8 Å². The van der Waals surface area contributed by atoms with Crippen LogP contribution in [0.3, 0.4) is 0 Å². The third kappa shape index (κ3) is 7.62. The number of carbonyl (C=O) groups excluding carboxylic acids is 1. The molecule has 0 heterocycles. The number of nitrogens with zero attached hydrogens (tertiary/aromatic N) is 1. The van der Waals surface area contributed by atoms with Gasteiger partial charge in [-0.25, -0.2) is 0 Å². The van der Waals surface area contributed by atoms with Crippen LogP contribution in [0, 0.1) is 5.92 Å². The maximum Gasteiger partial charge on any atom is 0.234 e. The SMILES string of the molecule is COC(CN(C)CC(=O)NCC(C)C)OC. The standard InChI is InChI=1S/C11H24N2O3/c1-9(2)6-12-10(14)7-13(3)8-11(15-4)16-5/h9,11H,6-8H2,1-5H3,(H,12,14). The molecular weight excluding hydrogens is 208 g/mol. The Labute approximate surface area is 98.1 Å². The molecule has 0 aromatic heterocycles. The zero-order chi connectivity index (χ0) is 12.6. The minimum Gasteiger partial charge on any atom is -0.355 e. The Morgan fingerprint density at radius 2 is 1.88 bits per heavy atom. The smallest absolute Gasteiger partial charge is 0.234 e. The number of likely N-dealkylation sites (N-methyl/N-ethyl adjacent to an activating group) is 1. The molecule has 0 saturated heterocycles. The van der Waals surface area contributed by atoms with Crippen molar-refractivity contribution in [2.45, 2.75) is 20.1 Å². The molecule has 0 aliphatic rings. The molecule has 96 valence electrons. The summed E-state index contributed by atoms with van der Waals surface area (Å²) in [5, 5.41) is 2.86. The van der Waals surface area contributed by atoms with Crippen LogP contribution in [0.25, 0.3) is 0 Å². The second-order valence-electron chi connectivity index (χ2n) is 4.30. The predicted octanol–water partition coefficient (Wildman–Crippen LogP) is 0.309. The first kappa shape index (κ1) is 15.3. The molecule has 1 N–H and O–H groups in total. The molecule has 5 heteroatoms. The number of carbonyl (C=O) groups is 1. The molecule has 0 aliphatic heterocycles. The van der Waals surface area contributed by atoms with Gasteiger partial charge in [0.05, 0.1) is 6.54 Å². The highest BCUT2D eigenvalue weighted by Gasteiger charge is 2.12. The van der Waals surface area contributed by atoms with E-state index in [0.717, 1.165) is 0 Å². The first-order chi connectivity index (χ1) is 7.49. The fourth-order valence-electron chi connectivity index (χ4n) is 1.18. The molecule has 0 atom stereocenters. The molecule has 0 rings (SSSR count). The Morgan fingerprint density at radius 3 is 2.31 bits per heavy atom. The van der Waals surface area contributed by atoms with Crippen LogP contribution in [-0.2, 0) is 14.3 Å². The third-order valence-corrected chi connectivity index (χ3v) is 2.11. The van der Waals surface area contributed by atoms with Gasteiger partial charge in [0, 0.05) is 27.3 Å². The number of hydrogen-bond donors (Lipinski definition) is 1. The Balaban J connectivity index is 3.77. The number of rotatable bonds is 8. The van der Waals surface area contributed by atoms with E-state index >= 15 is 0 Å². The molecule has 5 nitrogen and oxygen atoms in total. The van der Waals surface area contributed by atoms with Gasteiger partial charge >= 0.3 is 0 Å². The largest absolute Gasteiger partial charge is 0.355 e. The molecule has 16 heavy (non-hydrogen) atoms. The number of amides is 1. The van der Waals surface area contributed by atoms with E-state index in [1.165, 1.54) is 0 Å². The molecule has 0 aliphatic carbocycles. The summed E-state index contributed by atoms with van der Waals surface area (Å²) in [6.45, 7) is 5.77. The highest BCUT2D eigenvalue weighted by Crippen LogP contribution is 1.94. The Bertz CT molecular complexity index is 194. The second-order valence-corrected chi connectivity index (χ2v) is 4.30. The summed E-state index contributed by atoms with van der Waals surface area (Å²) in [6.07, 6.45) is -0.289. The minimum absolute atomic E-state index is 0.0298. The maximum absolute atomic E-state index is 11.5. The fraction of sp³-hybridized carbons (Fsp3) is 0.909. The highest BCUT2D eigenvalue weighted by atomic mass is 16.7. The van der Waals surface area contributed by atoms with Crippen molar-refractivity contribution in [1.82, 2.24) is 10.2 Å². The maximum atomic E-state index is 11.5. The summed E-state index contributed by atoms with van der Waals surface area (Å²) in [5.41, 5.74) is 0. The summed E-state index contributed by atoms with van der Waals surface area (Å²) in [4.78, 5) is 13.4. The summed E-state index contributed by atoms with van der Waals surface area (Å²) in [7, 11) is 5.03. The van der Waals surface area contributed by atoms with Crippen LogP contribution >= 0.6 is 0 Å². The monoisotopic (exact) mass is 232 g/mol. The zero-order valence-corrected chi connectivity index (χ0v) is 10.9. The lowest BCUT2D eigenvalue weighted by molar-refractivity contribution is -0.128. The predicted molar refractivity (Wildman–Crippen MR) is 63.2 cm³/mol. The summed E-state index contributed by atoms with van der Waals surface area (Å²) in [5.74, 6) is 0.502. The lowest BCUT2D eigenvalue weighted by atomic mass is 10.2. The lowest BCUT2D eigenvalue weighted by Crippen LogP contribution is -2.40. The van der Waals surface area contributed by atoms with E-state index in [1.54, 1.807) is 14.2 Å². The van der Waals surface area contributed by atoms with Crippen molar-refractivity contribution in [3.8, 4) is 0 Å². The van der Waals surface area contributed by atoms with Crippen molar-refractivity contribution < 1.29 is 14.3 Å². The van der Waals surface area contributed by atoms with Crippen LogP contribution in [0.4, 0.5) is 0 Å². The van der Waals surface area contributed by atoms with Crippen LogP contribution in [0.5, 0.6) is 0 Å². The first-order valence-corrected chi connectivity index (χ1v) is 5.50. The molecule has 0 fully saturated rings. The lowest BCUT2D eigenvalue weighted by Gasteiger charge is -2.21. The molecule has 0 bridgehead atoms. The van der Waals surface area contributed by atoms with Crippen molar-refractivity contribution in [2.75, 3.05) is 40.9 Å². The van der Waals surface area contributed by atoms with E-state index in [-0.39, 0.29) is 12.2 Å². The van der Waals surface area contributed by atoms with Gasteiger partial charge in [0.2, 0.25) is 5.91 Å². The Morgan fingerprint density at radius 1 is 1.31 bits per heavy atom. The minimum atomic E-state index is -0.289. The zero-order valence-electron chi connectivity index (χ0n) is 10.9. The quantitative estimate of drug-likeness (QED) is 0.612. The van der Waals surface area contributed by atoms with Crippen LogP contribution in [0.1, 0.15) is 13.8 Å². The topological polar surface area (TPSA) is 50.8 Å². The Kier molecular flexibility index (Phi) is 8.15. The van der Waals surface area contributed by atoms with Crippen molar-refractivity contribution in [1.29, 1.82) is 0 Å². The number of nitrogens with one attached hydrogen (secondary N) is 1. The average Bonchev–Trinajstić information content (AvgIpc) is 2.23. The van der Waals surface area contributed by atoms with Gasteiger partial charge in [-0.05, 0) is 13.0 Å². The van der Waals surface area contributed by atoms with E-state index in [4.69, 9.17) is 9.47 Å². The van der Waals surface area contributed by atoms with Gasteiger partial charge in [-0.3, -0.25) is 9.69 Å². The molecule has 0 aromatic carbocycles. The van der Waals surface area contributed by atoms with E-state index in [1.807, 2.05) is 11.9 Å². The van der Waals surface area contributed by atoms with Gasteiger partial charge in [0.25, 0.3) is 0 Å². The van der Waals surface area contributed by atoms with E-state index < -0.39 is 0 Å². The molecule has 0 aromatic rings. The number of hydrogen-bond acceptors (Lipinski definition) is 4. The van der Waals surface area contributed by atoms with Crippen LogP contribution in [-0.4, -0.2) is 58.0 Å². The molecule has 0 unspecified atom stereocenters. The van der Waals surface area contributed by atoms with E-state index in [9.17, 15) is 4.79 Å². The van der Waals surface area contributed by atoms with Crippen molar-refractivity contribution in [3.63, 3.8) is 0 Å². The van der Waals surface area contributed by atoms with Crippen LogP contribution < -0.4 is 5.32 Å². The van der Waals surface area contributed by atoms with Crippen LogP contribution in [0.15, 0.2) is 0 Å². The second kappa shape index (κ2) is 8.50. The first-order valence-electron chi connectivity index (χ1n) is 5.50. The fourth-order valence-corrected chi connectivity index (χ4v) is 1.18. The van der Waals surface area contributed by atoms with Gasteiger partial charge in [0.15, 0.2) is 6.29 Å². The summed E-state index contributed by atoms with van der Waals surface area (Å²) in [6, 6.07) is 0. The summed E-state index contributed by atoms with van der Waals surface area (Å²) < 4.78 is 10.1. The molecule has 0 radical (unpaired) electrons. The van der Waals surface area contributed by atoms with E-state index in [0.29, 0.717) is 25.6 Å². The third-order valence-electron chi connectivity index (χ3n) is 2.11. The average molecular weight is 232 g/mol. The summed E-state index contributed by atoms with van der Waals surface area (Å²) >= 11 is 0. The van der Waals surface area contributed by atoms with Gasteiger partial charge in [-0.15, -0.1) is 0 Å². The van der Waals surface area contributed by atoms with Crippen molar-refractivity contribution >= 4 is 5.91 Å². The normalized spacial score (nSPS) is 11.5. The van der Waals surface area contributed by atoms with Gasteiger partial charge in [-0.2, -0.15) is 0 Å². The van der Waals surface area contributed by atoms with Crippen LogP contribution in [0.2, 0.25) is 0 Å².